The van der Waals surface area contributed by atoms with E-state index in [0.29, 0.717) is 21.4 Å². The van der Waals surface area contributed by atoms with Gasteiger partial charge in [0.05, 0.1) is 27.1 Å². The maximum atomic E-state index is 6.13. The van der Waals surface area contributed by atoms with E-state index in [1.54, 1.807) is 6.07 Å². The molecule has 0 saturated heterocycles. The molecule has 0 aliphatic carbocycles. The highest BCUT2D eigenvalue weighted by Crippen LogP contribution is 2.47. The highest BCUT2D eigenvalue weighted by atomic mass is 35.5. The number of rotatable bonds is 4. The third-order valence-electron chi connectivity index (χ3n) is 2.24. The van der Waals surface area contributed by atoms with Crippen LogP contribution in [0.2, 0.25) is 10.0 Å². The fourth-order valence-electron chi connectivity index (χ4n) is 1.45. The number of anilines is 1. The summed E-state index contributed by atoms with van der Waals surface area (Å²) in [7, 11) is 0. The fourth-order valence-corrected chi connectivity index (χ4v) is 2.63. The summed E-state index contributed by atoms with van der Waals surface area (Å²) >= 11 is 13.3. The van der Waals surface area contributed by atoms with Gasteiger partial charge >= 0.3 is 0 Å². The lowest BCUT2D eigenvalue weighted by Gasteiger charge is -2.11. The summed E-state index contributed by atoms with van der Waals surface area (Å²) in [6.45, 7) is 0.748. The van der Waals surface area contributed by atoms with Crippen molar-refractivity contribution in [1.29, 1.82) is 0 Å². The van der Waals surface area contributed by atoms with E-state index in [-0.39, 0.29) is 0 Å². The van der Waals surface area contributed by atoms with Crippen LogP contribution in [0.4, 0.5) is 17.1 Å². The molecule has 0 bridgehead atoms. The molecule has 3 nitrogen and oxygen atoms in total. The zero-order chi connectivity index (χ0) is 12.3. The molecule has 1 N–H and O–H groups in total. The molecule has 6 heteroatoms. The molecule has 88 valence electrons. The van der Waals surface area contributed by atoms with Crippen LogP contribution in [0.25, 0.3) is 0 Å². The minimum Gasteiger partial charge on any atom is -0.382 e. The Kier molecular flexibility index (Phi) is 4.06. The van der Waals surface area contributed by atoms with Crippen molar-refractivity contribution < 1.29 is 0 Å². The molecular formula is C11H9Cl2N3S. The number of benzene rings is 1. The predicted molar refractivity (Wildman–Crippen MR) is 74.6 cm³/mol. The maximum Gasteiger partial charge on any atom is 0.130 e. The number of hydrogen-bond acceptors (Lipinski definition) is 3. The lowest BCUT2D eigenvalue weighted by atomic mass is 10.2. The Morgan fingerprint density at radius 3 is 2.82 bits per heavy atom. The van der Waals surface area contributed by atoms with E-state index in [1.807, 2.05) is 0 Å². The molecule has 1 aliphatic heterocycles. The molecular weight excluding hydrogens is 277 g/mol. The Hall–Kier alpha value is -1.02. The van der Waals surface area contributed by atoms with Gasteiger partial charge in [0.25, 0.3) is 0 Å². The van der Waals surface area contributed by atoms with Crippen LogP contribution in [0.15, 0.2) is 14.8 Å². The zero-order valence-electron chi connectivity index (χ0n) is 8.83. The minimum atomic E-state index is 0.521. The summed E-state index contributed by atoms with van der Waals surface area (Å²) in [5.41, 5.74) is 2.17. The van der Waals surface area contributed by atoms with E-state index < -0.39 is 0 Å². The molecule has 1 aliphatic rings. The zero-order valence-corrected chi connectivity index (χ0v) is 11.2. The van der Waals surface area contributed by atoms with Crippen LogP contribution in [0.5, 0.6) is 0 Å². The normalized spacial score (nSPS) is 11.8. The molecule has 0 amide bonds. The largest absolute Gasteiger partial charge is 0.382 e. The molecule has 0 spiro atoms. The summed E-state index contributed by atoms with van der Waals surface area (Å²) in [6.07, 6.45) is 6.81. The lowest BCUT2D eigenvalue weighted by Crippen LogP contribution is -2.01. The van der Waals surface area contributed by atoms with Gasteiger partial charge in [-0.1, -0.05) is 23.2 Å². The second kappa shape index (κ2) is 5.54. The average Bonchev–Trinajstić information content (AvgIpc) is 2.77. The second-order valence-electron chi connectivity index (χ2n) is 3.41. The molecule has 1 heterocycles. The van der Waals surface area contributed by atoms with Crippen molar-refractivity contribution in [3.8, 4) is 12.3 Å². The van der Waals surface area contributed by atoms with Crippen molar-refractivity contribution in [1.82, 2.24) is 0 Å². The summed E-state index contributed by atoms with van der Waals surface area (Å²) < 4.78 is 8.33. The number of hydrogen-bond donors (Lipinski definition) is 1. The van der Waals surface area contributed by atoms with Gasteiger partial charge in [0.15, 0.2) is 0 Å². The van der Waals surface area contributed by atoms with E-state index in [4.69, 9.17) is 29.6 Å². The molecule has 0 unspecified atom stereocenters. The molecule has 0 atom stereocenters. The lowest BCUT2D eigenvalue weighted by molar-refractivity contribution is 0.907. The van der Waals surface area contributed by atoms with Crippen LogP contribution in [0.3, 0.4) is 0 Å². The standard InChI is InChI=1S/C11H9Cl2N3S/c1-2-3-4-5-14-9-7(12)6-8(13)10-11(9)16-17-15-10/h1,6,14H,3-5H2. The topological polar surface area (TPSA) is 36.8 Å². The van der Waals surface area contributed by atoms with Crippen molar-refractivity contribution >= 4 is 51.6 Å². The van der Waals surface area contributed by atoms with Crippen molar-refractivity contribution in [3.63, 3.8) is 0 Å². The van der Waals surface area contributed by atoms with Gasteiger partial charge in [0, 0.05) is 13.0 Å². The first-order chi connectivity index (χ1) is 8.24. The van der Waals surface area contributed by atoms with Crippen molar-refractivity contribution in [2.75, 3.05) is 11.9 Å². The monoisotopic (exact) mass is 285 g/mol. The molecule has 17 heavy (non-hydrogen) atoms. The van der Waals surface area contributed by atoms with Crippen LogP contribution in [0, 0.1) is 12.3 Å². The van der Waals surface area contributed by atoms with Gasteiger partial charge in [-0.2, -0.15) is 8.73 Å². The van der Waals surface area contributed by atoms with Gasteiger partial charge in [-0.25, -0.2) is 0 Å². The van der Waals surface area contributed by atoms with Crippen LogP contribution < -0.4 is 5.32 Å². The number of nitrogens with one attached hydrogen (secondary N) is 1. The quantitative estimate of drug-likeness (QED) is 0.650. The molecule has 0 saturated carbocycles. The Bertz CT molecular complexity index is 557. The van der Waals surface area contributed by atoms with Gasteiger partial charge in [-0.15, -0.1) is 12.3 Å². The van der Waals surface area contributed by atoms with Gasteiger partial charge < -0.3 is 5.32 Å². The van der Waals surface area contributed by atoms with Crippen LogP contribution >= 0.6 is 23.2 Å². The van der Waals surface area contributed by atoms with Gasteiger partial charge in [-0.3, -0.25) is 0 Å². The molecule has 2 rings (SSSR count). The fraction of sp³-hybridized carbons (Fsp3) is 0.273. The SMILES string of the molecule is C#CCCCNc1c(Cl)cc(Cl)c2c1N=S=N2. The number of fused-ring (bicyclic) bond motifs is 1. The maximum absolute atomic E-state index is 6.13. The average molecular weight is 286 g/mol. The summed E-state index contributed by atoms with van der Waals surface area (Å²) in [4.78, 5) is 0. The predicted octanol–water partition coefficient (Wildman–Crippen LogP) is 4.55. The van der Waals surface area contributed by atoms with Crippen molar-refractivity contribution in [2.24, 2.45) is 8.73 Å². The number of terminal acetylenes is 1. The second-order valence-corrected chi connectivity index (χ2v) is 4.75. The molecule has 0 aromatic heterocycles. The third kappa shape index (κ3) is 2.63. The molecule has 0 fully saturated rings. The van der Waals surface area contributed by atoms with E-state index in [2.05, 4.69) is 20.0 Å². The first kappa shape index (κ1) is 12.4. The highest BCUT2D eigenvalue weighted by Gasteiger charge is 2.18. The highest BCUT2D eigenvalue weighted by molar-refractivity contribution is 7.58. The third-order valence-corrected chi connectivity index (χ3v) is 3.36. The minimum absolute atomic E-state index is 0.521. The summed E-state index contributed by atoms with van der Waals surface area (Å²) in [5.74, 6) is 2.59. The van der Waals surface area contributed by atoms with Crippen LogP contribution in [-0.2, 0) is 11.4 Å². The van der Waals surface area contributed by atoms with Crippen LogP contribution in [-0.4, -0.2) is 6.54 Å². The number of nitrogens with zero attached hydrogens (tertiary/aromatic N) is 2. The Morgan fingerprint density at radius 2 is 2.06 bits per heavy atom. The van der Waals surface area contributed by atoms with E-state index >= 15 is 0 Å². The molecule has 1 aromatic rings. The van der Waals surface area contributed by atoms with E-state index in [9.17, 15) is 0 Å². The number of halogens is 2. The first-order valence-electron chi connectivity index (χ1n) is 5.01. The Balaban J connectivity index is 2.21. The smallest absolute Gasteiger partial charge is 0.130 e. The van der Waals surface area contributed by atoms with Crippen LogP contribution in [0.1, 0.15) is 12.8 Å². The van der Waals surface area contributed by atoms with E-state index in [1.165, 1.54) is 0 Å². The van der Waals surface area contributed by atoms with Crippen molar-refractivity contribution in [3.05, 3.63) is 16.1 Å². The number of unbranched alkanes of at least 4 members (excludes halogenated alkanes) is 1. The first-order valence-corrected chi connectivity index (χ1v) is 6.50. The summed E-state index contributed by atoms with van der Waals surface area (Å²) in [5, 5.41) is 4.30. The van der Waals surface area contributed by atoms with Crippen molar-refractivity contribution in [2.45, 2.75) is 12.8 Å². The van der Waals surface area contributed by atoms with Gasteiger partial charge in [0.1, 0.15) is 11.4 Å². The van der Waals surface area contributed by atoms with Gasteiger partial charge in [-0.05, 0) is 12.5 Å². The van der Waals surface area contributed by atoms with Gasteiger partial charge in [0.2, 0.25) is 0 Å². The molecule has 1 aromatic carbocycles. The van der Waals surface area contributed by atoms with E-state index in [0.717, 1.165) is 36.4 Å². The molecule has 0 radical (unpaired) electrons. The Morgan fingerprint density at radius 1 is 1.29 bits per heavy atom. The Labute approximate surface area is 113 Å². The summed E-state index contributed by atoms with van der Waals surface area (Å²) in [6, 6.07) is 1.68.